The maximum atomic E-state index is 12.3. The zero-order chi connectivity index (χ0) is 11.4. The minimum Gasteiger partial charge on any atom is -0.468 e. The van der Waals surface area contributed by atoms with Crippen molar-refractivity contribution in [1.29, 1.82) is 0 Å². The average molecular weight is 220 g/mol. The molecule has 3 aliphatic rings. The normalized spacial score (nSPS) is 48.5. The highest BCUT2D eigenvalue weighted by molar-refractivity contribution is 6.03. The molecule has 0 N–H and O–H groups in total. The van der Waals surface area contributed by atoms with E-state index in [2.05, 4.69) is 12.2 Å². The Bertz CT molecular complexity index is 385. The summed E-state index contributed by atoms with van der Waals surface area (Å²) >= 11 is 0. The minimum atomic E-state index is -0.509. The van der Waals surface area contributed by atoms with Crippen LogP contribution in [0.4, 0.5) is 0 Å². The zero-order valence-electron chi connectivity index (χ0n) is 9.55. The van der Waals surface area contributed by atoms with Gasteiger partial charge in [-0.1, -0.05) is 19.1 Å². The fraction of sp³-hybridized carbons (Fsp3) is 0.692. The molecule has 0 aromatic carbocycles. The molecule has 2 fully saturated rings. The van der Waals surface area contributed by atoms with Crippen LogP contribution in [0, 0.1) is 35.5 Å². The predicted molar refractivity (Wildman–Crippen MR) is 57.4 cm³/mol. The van der Waals surface area contributed by atoms with Gasteiger partial charge in [0.15, 0.2) is 5.78 Å². The van der Waals surface area contributed by atoms with Crippen LogP contribution in [0.3, 0.4) is 0 Å². The molecule has 0 saturated heterocycles. The number of fused-ring (bicyclic) bond motifs is 5. The van der Waals surface area contributed by atoms with Crippen molar-refractivity contribution in [2.24, 2.45) is 35.5 Å². The lowest BCUT2D eigenvalue weighted by molar-refractivity contribution is -0.150. The Morgan fingerprint density at radius 1 is 1.38 bits per heavy atom. The Labute approximate surface area is 94.8 Å². The van der Waals surface area contributed by atoms with E-state index < -0.39 is 5.92 Å². The second-order valence-corrected chi connectivity index (χ2v) is 5.31. The van der Waals surface area contributed by atoms with E-state index in [1.807, 2.05) is 6.92 Å². The zero-order valence-corrected chi connectivity index (χ0v) is 9.55. The van der Waals surface area contributed by atoms with Crippen LogP contribution in [0.25, 0.3) is 0 Å². The van der Waals surface area contributed by atoms with Gasteiger partial charge in [-0.05, 0) is 30.1 Å². The van der Waals surface area contributed by atoms with Crippen LogP contribution in [0.5, 0.6) is 0 Å². The molecule has 0 heterocycles. The standard InChI is InChI=1S/C13H16O3/c1-6-9-7-3-4-8(5-7)11(9)12(14)10(6)13(15)16-2/h3-4,6-11H,5H2,1-2H3/t6-,7+,8-,9?,10?,11?/m1/s1. The van der Waals surface area contributed by atoms with Crippen molar-refractivity contribution in [3.8, 4) is 0 Å². The van der Waals surface area contributed by atoms with Crippen LogP contribution in [0.15, 0.2) is 12.2 Å². The molecule has 3 unspecified atom stereocenters. The maximum Gasteiger partial charge on any atom is 0.316 e. The summed E-state index contributed by atoms with van der Waals surface area (Å²) in [5, 5.41) is 0. The van der Waals surface area contributed by atoms with Crippen LogP contribution in [-0.2, 0) is 14.3 Å². The lowest BCUT2D eigenvalue weighted by Crippen LogP contribution is -2.28. The predicted octanol–water partition coefficient (Wildman–Crippen LogP) is 1.43. The third-order valence-corrected chi connectivity index (χ3v) is 4.74. The van der Waals surface area contributed by atoms with Gasteiger partial charge in [0.05, 0.1) is 7.11 Å². The van der Waals surface area contributed by atoms with E-state index in [4.69, 9.17) is 4.74 Å². The lowest BCUT2D eigenvalue weighted by Gasteiger charge is -2.22. The summed E-state index contributed by atoms with van der Waals surface area (Å²) in [6.07, 6.45) is 5.50. The molecule has 6 atom stereocenters. The van der Waals surface area contributed by atoms with E-state index in [0.717, 1.165) is 6.42 Å². The van der Waals surface area contributed by atoms with Crippen molar-refractivity contribution in [1.82, 2.24) is 0 Å². The van der Waals surface area contributed by atoms with Crippen LogP contribution in [0.1, 0.15) is 13.3 Å². The maximum absolute atomic E-state index is 12.3. The van der Waals surface area contributed by atoms with Gasteiger partial charge in [0.1, 0.15) is 5.92 Å². The Hall–Kier alpha value is -1.12. The number of allylic oxidation sites excluding steroid dienone is 2. The summed E-state index contributed by atoms with van der Waals surface area (Å²) in [5.74, 6) is 0.798. The molecular formula is C13H16O3. The van der Waals surface area contributed by atoms with Crippen LogP contribution >= 0.6 is 0 Å². The first-order valence-corrected chi connectivity index (χ1v) is 5.95. The molecule has 0 amide bonds. The molecule has 0 aliphatic heterocycles. The first-order chi connectivity index (χ1) is 7.65. The van der Waals surface area contributed by atoms with E-state index in [0.29, 0.717) is 17.8 Å². The number of ether oxygens (including phenoxy) is 1. The van der Waals surface area contributed by atoms with Gasteiger partial charge in [0.25, 0.3) is 0 Å². The summed E-state index contributed by atoms with van der Waals surface area (Å²) in [7, 11) is 1.36. The number of hydrogen-bond donors (Lipinski definition) is 0. The first kappa shape index (κ1) is 10.1. The SMILES string of the molecule is COC(=O)C1C(=O)C2C([C@H]1C)[C@H]1C=C[C@@H]2C1. The van der Waals surface area contributed by atoms with Crippen molar-refractivity contribution < 1.29 is 14.3 Å². The Morgan fingerprint density at radius 3 is 2.69 bits per heavy atom. The molecule has 0 spiro atoms. The molecule has 3 aliphatic carbocycles. The highest BCUT2D eigenvalue weighted by atomic mass is 16.5. The number of Topliss-reactive ketones (excluding diaryl/α,β-unsaturated/α-hetero) is 1. The van der Waals surface area contributed by atoms with Crippen molar-refractivity contribution >= 4 is 11.8 Å². The third-order valence-electron chi connectivity index (χ3n) is 4.74. The summed E-state index contributed by atoms with van der Waals surface area (Å²) in [6, 6.07) is 0. The van der Waals surface area contributed by atoms with Crippen molar-refractivity contribution in [3.63, 3.8) is 0 Å². The smallest absolute Gasteiger partial charge is 0.316 e. The van der Waals surface area contributed by atoms with E-state index >= 15 is 0 Å². The second kappa shape index (κ2) is 3.19. The Kier molecular flexibility index (Phi) is 2.00. The Morgan fingerprint density at radius 2 is 2.06 bits per heavy atom. The van der Waals surface area contributed by atoms with E-state index in [-0.39, 0.29) is 23.6 Å². The van der Waals surface area contributed by atoms with Gasteiger partial charge in [0.2, 0.25) is 0 Å². The van der Waals surface area contributed by atoms with Crippen molar-refractivity contribution in [3.05, 3.63) is 12.2 Å². The highest BCUT2D eigenvalue weighted by Gasteiger charge is 2.60. The number of rotatable bonds is 1. The largest absolute Gasteiger partial charge is 0.468 e. The number of ketones is 1. The molecule has 0 aromatic rings. The molecule has 2 bridgehead atoms. The van der Waals surface area contributed by atoms with Crippen LogP contribution in [-0.4, -0.2) is 18.9 Å². The molecular weight excluding hydrogens is 204 g/mol. The molecule has 2 saturated carbocycles. The number of methoxy groups -OCH3 is 1. The van der Waals surface area contributed by atoms with Gasteiger partial charge >= 0.3 is 5.97 Å². The molecule has 16 heavy (non-hydrogen) atoms. The molecule has 0 aromatic heterocycles. The van der Waals surface area contributed by atoms with Gasteiger partial charge < -0.3 is 4.74 Å². The average Bonchev–Trinajstić information content (AvgIpc) is 2.92. The highest BCUT2D eigenvalue weighted by Crippen LogP contribution is 2.57. The van der Waals surface area contributed by atoms with Gasteiger partial charge in [-0.25, -0.2) is 0 Å². The van der Waals surface area contributed by atoms with E-state index in [9.17, 15) is 9.59 Å². The van der Waals surface area contributed by atoms with Crippen LogP contribution in [0.2, 0.25) is 0 Å². The third kappa shape index (κ3) is 1.04. The summed E-state index contributed by atoms with van der Waals surface area (Å²) in [6.45, 7) is 2.03. The van der Waals surface area contributed by atoms with Gasteiger partial charge in [-0.3, -0.25) is 9.59 Å². The van der Waals surface area contributed by atoms with E-state index in [1.54, 1.807) is 0 Å². The number of carbonyl (C=O) groups excluding carboxylic acids is 2. The quantitative estimate of drug-likeness (QED) is 0.381. The Balaban J connectivity index is 1.94. The second-order valence-electron chi connectivity index (χ2n) is 5.31. The number of hydrogen-bond acceptors (Lipinski definition) is 3. The van der Waals surface area contributed by atoms with Crippen molar-refractivity contribution in [2.75, 3.05) is 7.11 Å². The molecule has 3 heteroatoms. The van der Waals surface area contributed by atoms with Gasteiger partial charge in [-0.15, -0.1) is 0 Å². The summed E-state index contributed by atoms with van der Waals surface area (Å²) < 4.78 is 4.75. The molecule has 3 nitrogen and oxygen atoms in total. The molecule has 3 rings (SSSR count). The minimum absolute atomic E-state index is 0.0918. The molecule has 86 valence electrons. The van der Waals surface area contributed by atoms with Crippen LogP contribution < -0.4 is 0 Å². The monoisotopic (exact) mass is 220 g/mol. The fourth-order valence-corrected chi connectivity index (χ4v) is 4.12. The van der Waals surface area contributed by atoms with Crippen molar-refractivity contribution in [2.45, 2.75) is 13.3 Å². The van der Waals surface area contributed by atoms with E-state index in [1.165, 1.54) is 7.11 Å². The first-order valence-electron chi connectivity index (χ1n) is 5.95. The topological polar surface area (TPSA) is 43.4 Å². The summed E-state index contributed by atoms with van der Waals surface area (Å²) in [5.41, 5.74) is 0. The number of esters is 1. The fourth-order valence-electron chi connectivity index (χ4n) is 4.12. The molecule has 0 radical (unpaired) electrons. The van der Waals surface area contributed by atoms with Gasteiger partial charge in [-0.2, -0.15) is 0 Å². The number of carbonyl (C=O) groups is 2. The summed E-state index contributed by atoms with van der Waals surface area (Å²) in [4.78, 5) is 23.9. The lowest BCUT2D eigenvalue weighted by atomic mass is 9.81. The van der Waals surface area contributed by atoms with Gasteiger partial charge in [0, 0.05) is 5.92 Å².